The highest BCUT2D eigenvalue weighted by Gasteiger charge is 2.08. The standard InChI is InChI=1S/C10H19NO/c1-6-9(2)11-7-8-12-10(3,4)5/h1,9,11H,7-8H2,2-5H3. The summed E-state index contributed by atoms with van der Waals surface area (Å²) in [5.41, 5.74) is -0.0545. The molecule has 0 aromatic heterocycles. The van der Waals surface area contributed by atoms with Gasteiger partial charge in [-0.3, -0.25) is 0 Å². The summed E-state index contributed by atoms with van der Waals surface area (Å²) in [5, 5.41) is 3.14. The van der Waals surface area contributed by atoms with Crippen LogP contribution in [-0.2, 0) is 4.74 Å². The lowest BCUT2D eigenvalue weighted by atomic mass is 10.2. The molecule has 0 aliphatic heterocycles. The maximum Gasteiger partial charge on any atom is 0.0659 e. The molecule has 12 heavy (non-hydrogen) atoms. The smallest absolute Gasteiger partial charge is 0.0659 e. The Balaban J connectivity index is 3.29. The third kappa shape index (κ3) is 7.59. The van der Waals surface area contributed by atoms with Crippen molar-refractivity contribution in [1.82, 2.24) is 5.32 Å². The minimum atomic E-state index is -0.0545. The van der Waals surface area contributed by atoms with E-state index >= 15 is 0 Å². The Morgan fingerprint density at radius 3 is 2.50 bits per heavy atom. The zero-order valence-corrected chi connectivity index (χ0v) is 8.48. The number of rotatable bonds is 4. The first kappa shape index (κ1) is 11.5. The van der Waals surface area contributed by atoms with Gasteiger partial charge in [0.25, 0.3) is 0 Å². The van der Waals surface area contributed by atoms with E-state index in [-0.39, 0.29) is 11.6 Å². The van der Waals surface area contributed by atoms with Crippen molar-refractivity contribution in [3.63, 3.8) is 0 Å². The van der Waals surface area contributed by atoms with Gasteiger partial charge in [0.1, 0.15) is 0 Å². The van der Waals surface area contributed by atoms with Crippen LogP contribution in [0.1, 0.15) is 27.7 Å². The highest BCUT2D eigenvalue weighted by atomic mass is 16.5. The van der Waals surface area contributed by atoms with E-state index in [2.05, 4.69) is 11.2 Å². The van der Waals surface area contributed by atoms with E-state index in [1.54, 1.807) is 0 Å². The molecular weight excluding hydrogens is 150 g/mol. The molecule has 0 aromatic carbocycles. The van der Waals surface area contributed by atoms with Crippen LogP contribution in [0, 0.1) is 12.3 Å². The summed E-state index contributed by atoms with van der Waals surface area (Å²) in [6.07, 6.45) is 5.19. The highest BCUT2D eigenvalue weighted by molar-refractivity contribution is 4.95. The van der Waals surface area contributed by atoms with Gasteiger partial charge in [0.2, 0.25) is 0 Å². The number of terminal acetylenes is 1. The SMILES string of the molecule is C#CC(C)NCCOC(C)(C)C. The number of ether oxygens (including phenoxy) is 1. The Kier molecular flexibility index (Phi) is 4.96. The lowest BCUT2D eigenvalue weighted by molar-refractivity contribution is -0.00106. The lowest BCUT2D eigenvalue weighted by Crippen LogP contribution is -2.31. The summed E-state index contributed by atoms with van der Waals surface area (Å²) >= 11 is 0. The molecule has 1 atom stereocenters. The van der Waals surface area contributed by atoms with Crippen LogP contribution >= 0.6 is 0 Å². The molecule has 1 unspecified atom stereocenters. The van der Waals surface area contributed by atoms with E-state index in [1.807, 2.05) is 27.7 Å². The average molecular weight is 169 g/mol. The van der Waals surface area contributed by atoms with Crippen molar-refractivity contribution in [2.45, 2.75) is 39.3 Å². The fraction of sp³-hybridized carbons (Fsp3) is 0.800. The Bertz CT molecular complexity index is 152. The van der Waals surface area contributed by atoms with E-state index in [9.17, 15) is 0 Å². The number of nitrogens with one attached hydrogen (secondary N) is 1. The second kappa shape index (κ2) is 5.18. The van der Waals surface area contributed by atoms with Crippen LogP contribution in [0.5, 0.6) is 0 Å². The molecule has 0 saturated carbocycles. The highest BCUT2D eigenvalue weighted by Crippen LogP contribution is 2.04. The van der Waals surface area contributed by atoms with E-state index in [0.29, 0.717) is 6.61 Å². The molecule has 0 bridgehead atoms. The van der Waals surface area contributed by atoms with Gasteiger partial charge in [0.05, 0.1) is 18.2 Å². The van der Waals surface area contributed by atoms with Gasteiger partial charge in [-0.1, -0.05) is 5.92 Å². The van der Waals surface area contributed by atoms with Crippen LogP contribution in [0.4, 0.5) is 0 Å². The molecule has 70 valence electrons. The molecule has 2 heteroatoms. The number of hydrogen-bond donors (Lipinski definition) is 1. The van der Waals surface area contributed by atoms with Gasteiger partial charge in [-0.2, -0.15) is 0 Å². The first-order valence-corrected chi connectivity index (χ1v) is 4.29. The van der Waals surface area contributed by atoms with Gasteiger partial charge in [-0.15, -0.1) is 6.42 Å². The monoisotopic (exact) mass is 169 g/mol. The third-order valence-electron chi connectivity index (χ3n) is 1.34. The van der Waals surface area contributed by atoms with E-state index in [0.717, 1.165) is 6.54 Å². The average Bonchev–Trinajstić information content (AvgIpc) is 1.96. The van der Waals surface area contributed by atoms with Crippen molar-refractivity contribution in [1.29, 1.82) is 0 Å². The molecule has 0 aromatic rings. The molecule has 0 aliphatic rings. The molecule has 0 amide bonds. The summed E-state index contributed by atoms with van der Waals surface area (Å²) in [4.78, 5) is 0. The molecule has 0 fully saturated rings. The first-order valence-electron chi connectivity index (χ1n) is 4.29. The Labute approximate surface area is 75.7 Å². The van der Waals surface area contributed by atoms with E-state index in [1.165, 1.54) is 0 Å². The van der Waals surface area contributed by atoms with Gasteiger partial charge >= 0.3 is 0 Å². The second-order valence-corrected chi connectivity index (χ2v) is 3.80. The van der Waals surface area contributed by atoms with Crippen LogP contribution in [0.15, 0.2) is 0 Å². The minimum absolute atomic E-state index is 0.0545. The molecule has 0 saturated heterocycles. The van der Waals surface area contributed by atoms with Gasteiger partial charge in [0, 0.05) is 6.54 Å². The van der Waals surface area contributed by atoms with E-state index < -0.39 is 0 Å². The number of hydrogen-bond acceptors (Lipinski definition) is 2. The molecular formula is C10H19NO. The zero-order valence-electron chi connectivity index (χ0n) is 8.48. The second-order valence-electron chi connectivity index (χ2n) is 3.80. The van der Waals surface area contributed by atoms with Crippen LogP contribution in [-0.4, -0.2) is 24.8 Å². The van der Waals surface area contributed by atoms with Crippen LogP contribution in [0.3, 0.4) is 0 Å². The Morgan fingerprint density at radius 1 is 1.50 bits per heavy atom. The molecule has 0 aliphatic carbocycles. The summed E-state index contributed by atoms with van der Waals surface area (Å²) < 4.78 is 5.49. The van der Waals surface area contributed by atoms with Crippen molar-refractivity contribution in [2.75, 3.05) is 13.2 Å². The molecule has 2 nitrogen and oxygen atoms in total. The van der Waals surface area contributed by atoms with Crippen molar-refractivity contribution in [3.8, 4) is 12.3 Å². The van der Waals surface area contributed by atoms with Gasteiger partial charge in [-0.05, 0) is 27.7 Å². The molecule has 0 radical (unpaired) electrons. The first-order chi connectivity index (χ1) is 5.45. The topological polar surface area (TPSA) is 21.3 Å². The summed E-state index contributed by atoms with van der Waals surface area (Å²) in [6.45, 7) is 9.59. The Morgan fingerprint density at radius 2 is 2.08 bits per heavy atom. The van der Waals surface area contributed by atoms with Gasteiger partial charge in [-0.25, -0.2) is 0 Å². The van der Waals surface area contributed by atoms with Crippen molar-refractivity contribution >= 4 is 0 Å². The normalized spacial score (nSPS) is 13.9. The van der Waals surface area contributed by atoms with Crippen LogP contribution < -0.4 is 5.32 Å². The van der Waals surface area contributed by atoms with Crippen molar-refractivity contribution in [3.05, 3.63) is 0 Å². The zero-order chi connectivity index (χ0) is 9.61. The fourth-order valence-corrected chi connectivity index (χ4v) is 0.692. The summed E-state index contributed by atoms with van der Waals surface area (Å²) in [6, 6.07) is 0.133. The quantitative estimate of drug-likeness (QED) is 0.507. The van der Waals surface area contributed by atoms with Crippen LogP contribution in [0.2, 0.25) is 0 Å². The van der Waals surface area contributed by atoms with E-state index in [4.69, 9.17) is 11.2 Å². The molecule has 0 rings (SSSR count). The van der Waals surface area contributed by atoms with Gasteiger partial charge in [0.15, 0.2) is 0 Å². The Hall–Kier alpha value is -0.520. The van der Waals surface area contributed by atoms with Crippen LogP contribution in [0.25, 0.3) is 0 Å². The third-order valence-corrected chi connectivity index (χ3v) is 1.34. The minimum Gasteiger partial charge on any atom is -0.375 e. The molecule has 1 N–H and O–H groups in total. The summed E-state index contributed by atoms with van der Waals surface area (Å²) in [5.74, 6) is 2.60. The maximum absolute atomic E-state index is 5.49. The maximum atomic E-state index is 5.49. The van der Waals surface area contributed by atoms with Crippen molar-refractivity contribution < 1.29 is 4.74 Å². The largest absolute Gasteiger partial charge is 0.375 e. The molecule has 0 spiro atoms. The van der Waals surface area contributed by atoms with Gasteiger partial charge < -0.3 is 10.1 Å². The molecule has 0 heterocycles. The summed E-state index contributed by atoms with van der Waals surface area (Å²) in [7, 11) is 0. The predicted octanol–water partition coefficient (Wildman–Crippen LogP) is 1.41. The predicted molar refractivity (Wildman–Crippen MR) is 52.0 cm³/mol. The van der Waals surface area contributed by atoms with Crippen molar-refractivity contribution in [2.24, 2.45) is 0 Å². The fourth-order valence-electron chi connectivity index (χ4n) is 0.692. The lowest BCUT2D eigenvalue weighted by Gasteiger charge is -2.19.